The first-order valence-electron chi connectivity index (χ1n) is 8.92. The number of hydrogen-bond acceptors (Lipinski definition) is 3. The number of aromatic nitrogens is 1. The zero-order chi connectivity index (χ0) is 20.8. The molecule has 0 spiro atoms. The Hall–Kier alpha value is -3.13. The van der Waals surface area contributed by atoms with Crippen molar-refractivity contribution in [3.63, 3.8) is 0 Å². The lowest BCUT2D eigenvalue weighted by molar-refractivity contribution is -0.117. The van der Waals surface area contributed by atoms with Gasteiger partial charge in [-0.1, -0.05) is 29.8 Å². The van der Waals surface area contributed by atoms with E-state index in [4.69, 9.17) is 0 Å². The molecule has 1 heterocycles. The Labute approximate surface area is 170 Å². The first-order valence-corrected chi connectivity index (χ1v) is 9.80. The fourth-order valence-corrected chi connectivity index (χ4v) is 3.36. The fraction of sp³-hybridized carbons (Fsp3) is 0.190. The second-order valence-corrected chi connectivity index (χ2v) is 7.31. The van der Waals surface area contributed by atoms with Gasteiger partial charge in [0, 0.05) is 37.2 Å². The van der Waals surface area contributed by atoms with Gasteiger partial charge in [-0.2, -0.15) is 4.99 Å². The summed E-state index contributed by atoms with van der Waals surface area (Å²) in [5.41, 5.74) is 1.99. The summed E-state index contributed by atoms with van der Waals surface area (Å²) in [4.78, 5) is 28.7. The van der Waals surface area contributed by atoms with Crippen LogP contribution in [0.3, 0.4) is 0 Å². The van der Waals surface area contributed by atoms with E-state index in [1.54, 1.807) is 0 Å². The molecule has 2 aromatic carbocycles. The van der Waals surface area contributed by atoms with E-state index in [9.17, 15) is 18.4 Å². The number of hydrogen-bond donors (Lipinski definition) is 1. The van der Waals surface area contributed by atoms with Crippen molar-refractivity contribution in [2.24, 2.45) is 4.99 Å². The van der Waals surface area contributed by atoms with Crippen LogP contribution in [0.15, 0.2) is 59.0 Å². The maximum absolute atomic E-state index is 13.6. The van der Waals surface area contributed by atoms with Crippen LogP contribution < -0.4 is 10.1 Å². The quantitative estimate of drug-likeness (QED) is 0.671. The molecule has 0 bridgehead atoms. The van der Waals surface area contributed by atoms with E-state index < -0.39 is 23.4 Å². The van der Waals surface area contributed by atoms with E-state index in [0.29, 0.717) is 17.4 Å². The zero-order valence-electron chi connectivity index (χ0n) is 15.7. The molecule has 0 unspecified atom stereocenters. The van der Waals surface area contributed by atoms with E-state index >= 15 is 0 Å². The lowest BCUT2D eigenvalue weighted by Gasteiger charge is -2.05. The summed E-state index contributed by atoms with van der Waals surface area (Å²) in [6.07, 6.45) is 1.83. The Morgan fingerprint density at radius 1 is 1.14 bits per heavy atom. The Balaban J connectivity index is 1.58. The highest BCUT2D eigenvalue weighted by atomic mass is 32.1. The lowest BCUT2D eigenvalue weighted by Crippen LogP contribution is -2.27. The van der Waals surface area contributed by atoms with E-state index in [1.807, 2.05) is 47.3 Å². The monoisotopic (exact) mass is 415 g/mol. The molecule has 5 nitrogen and oxygen atoms in total. The molecule has 2 amide bonds. The van der Waals surface area contributed by atoms with Crippen LogP contribution in [0.25, 0.3) is 0 Å². The summed E-state index contributed by atoms with van der Waals surface area (Å²) in [5, 5.41) is 4.29. The minimum absolute atomic E-state index is 0.00131. The van der Waals surface area contributed by atoms with Crippen molar-refractivity contribution in [3.05, 3.63) is 87.2 Å². The van der Waals surface area contributed by atoms with Crippen molar-refractivity contribution in [2.45, 2.75) is 19.9 Å². The number of carbonyl (C=O) groups excluding carboxylic acids is 2. The van der Waals surface area contributed by atoms with Crippen molar-refractivity contribution in [3.8, 4) is 0 Å². The SMILES string of the molecule is Cc1ccc(Cn2ccsc2=NC(=O)CCNC(=O)c2ccc(F)cc2F)cc1. The van der Waals surface area contributed by atoms with Gasteiger partial charge in [0.15, 0.2) is 4.80 Å². The Morgan fingerprint density at radius 3 is 2.62 bits per heavy atom. The standard InChI is InChI=1S/C21H19F2N3O2S/c1-14-2-4-15(5-3-14)13-26-10-11-29-21(26)25-19(27)8-9-24-20(28)17-7-6-16(22)12-18(17)23/h2-7,10-12H,8-9,13H2,1H3,(H,24,28). The van der Waals surface area contributed by atoms with Crippen molar-refractivity contribution in [1.82, 2.24) is 9.88 Å². The molecule has 1 N–H and O–H groups in total. The normalized spacial score (nSPS) is 11.5. The lowest BCUT2D eigenvalue weighted by atomic mass is 10.1. The molecule has 3 rings (SSSR count). The van der Waals surface area contributed by atoms with Gasteiger partial charge < -0.3 is 9.88 Å². The number of rotatable bonds is 6. The molecule has 8 heteroatoms. The third kappa shape index (κ3) is 5.68. The third-order valence-corrected chi connectivity index (χ3v) is 4.95. The largest absolute Gasteiger partial charge is 0.351 e. The van der Waals surface area contributed by atoms with Gasteiger partial charge in [0.2, 0.25) is 5.91 Å². The molecule has 0 fully saturated rings. The summed E-state index contributed by atoms with van der Waals surface area (Å²) in [7, 11) is 0. The first-order chi connectivity index (χ1) is 13.9. The zero-order valence-corrected chi connectivity index (χ0v) is 16.5. The van der Waals surface area contributed by atoms with E-state index in [0.717, 1.165) is 17.7 Å². The molecular weight excluding hydrogens is 396 g/mol. The maximum Gasteiger partial charge on any atom is 0.254 e. The van der Waals surface area contributed by atoms with Crippen LogP contribution in [0.5, 0.6) is 0 Å². The van der Waals surface area contributed by atoms with Gasteiger partial charge in [0.05, 0.1) is 5.56 Å². The van der Waals surface area contributed by atoms with Crippen LogP contribution in [0.4, 0.5) is 8.78 Å². The van der Waals surface area contributed by atoms with Gasteiger partial charge in [-0.25, -0.2) is 8.78 Å². The molecule has 0 saturated carbocycles. The van der Waals surface area contributed by atoms with Gasteiger partial charge in [0.1, 0.15) is 11.6 Å². The molecule has 0 aliphatic carbocycles. The van der Waals surface area contributed by atoms with Gasteiger partial charge in [-0.3, -0.25) is 9.59 Å². The predicted molar refractivity (Wildman–Crippen MR) is 106 cm³/mol. The van der Waals surface area contributed by atoms with Crippen LogP contribution in [-0.4, -0.2) is 22.9 Å². The van der Waals surface area contributed by atoms with Crippen LogP contribution >= 0.6 is 11.3 Å². The molecular formula is C21H19F2N3O2S. The third-order valence-electron chi connectivity index (χ3n) is 4.15. The number of nitrogens with one attached hydrogen (secondary N) is 1. The minimum atomic E-state index is -0.950. The summed E-state index contributed by atoms with van der Waals surface area (Å²) < 4.78 is 28.4. The van der Waals surface area contributed by atoms with Gasteiger partial charge >= 0.3 is 0 Å². The number of thiazole rings is 1. The van der Waals surface area contributed by atoms with Crippen LogP contribution in [0.1, 0.15) is 27.9 Å². The molecule has 1 aromatic heterocycles. The number of aryl methyl sites for hydroxylation is 1. The van der Waals surface area contributed by atoms with E-state index in [1.165, 1.54) is 16.9 Å². The van der Waals surface area contributed by atoms with Crippen molar-refractivity contribution in [2.75, 3.05) is 6.54 Å². The van der Waals surface area contributed by atoms with Crippen LogP contribution in [0.2, 0.25) is 0 Å². The Morgan fingerprint density at radius 2 is 1.90 bits per heavy atom. The number of carbonyl (C=O) groups is 2. The highest BCUT2D eigenvalue weighted by molar-refractivity contribution is 7.07. The van der Waals surface area contributed by atoms with E-state index in [2.05, 4.69) is 10.3 Å². The topological polar surface area (TPSA) is 63.5 Å². The second kappa shape index (κ2) is 9.38. The molecule has 29 heavy (non-hydrogen) atoms. The predicted octanol–water partition coefficient (Wildman–Crippen LogP) is 3.43. The van der Waals surface area contributed by atoms with Crippen LogP contribution in [-0.2, 0) is 11.3 Å². The van der Waals surface area contributed by atoms with Crippen molar-refractivity contribution in [1.29, 1.82) is 0 Å². The summed E-state index contributed by atoms with van der Waals surface area (Å²) in [6, 6.07) is 10.8. The van der Waals surface area contributed by atoms with Crippen LogP contribution in [0, 0.1) is 18.6 Å². The molecule has 150 valence electrons. The Kier molecular flexibility index (Phi) is 6.66. The minimum Gasteiger partial charge on any atom is -0.351 e. The van der Waals surface area contributed by atoms with Gasteiger partial charge in [-0.05, 0) is 24.6 Å². The Bertz CT molecular complexity index is 1090. The van der Waals surface area contributed by atoms with Gasteiger partial charge in [-0.15, -0.1) is 11.3 Å². The number of halogens is 2. The van der Waals surface area contributed by atoms with Crippen molar-refractivity contribution < 1.29 is 18.4 Å². The average molecular weight is 415 g/mol. The highest BCUT2D eigenvalue weighted by Crippen LogP contribution is 2.09. The summed E-state index contributed by atoms with van der Waals surface area (Å²) >= 11 is 1.34. The molecule has 0 aliphatic rings. The first kappa shape index (κ1) is 20.6. The number of nitrogens with zero attached hydrogens (tertiary/aromatic N) is 2. The average Bonchev–Trinajstić information content (AvgIpc) is 3.10. The molecule has 0 aliphatic heterocycles. The molecule has 0 atom stereocenters. The maximum atomic E-state index is 13.6. The number of benzene rings is 2. The number of amides is 2. The fourth-order valence-electron chi connectivity index (χ4n) is 2.61. The summed E-state index contributed by atoms with van der Waals surface area (Å²) in [5.74, 6) is -2.82. The van der Waals surface area contributed by atoms with Gasteiger partial charge in [0.25, 0.3) is 5.91 Å². The summed E-state index contributed by atoms with van der Waals surface area (Å²) in [6.45, 7) is 2.61. The van der Waals surface area contributed by atoms with E-state index in [-0.39, 0.29) is 18.5 Å². The second-order valence-electron chi connectivity index (χ2n) is 6.43. The molecule has 0 radical (unpaired) electrons. The molecule has 0 saturated heterocycles. The smallest absolute Gasteiger partial charge is 0.254 e. The highest BCUT2D eigenvalue weighted by Gasteiger charge is 2.12. The molecule has 3 aromatic rings. The van der Waals surface area contributed by atoms with Crippen molar-refractivity contribution >= 4 is 23.2 Å².